The van der Waals surface area contributed by atoms with Gasteiger partial charge in [0.05, 0.1) is 6.61 Å². The third-order valence-corrected chi connectivity index (χ3v) is 8.62. The third-order valence-electron chi connectivity index (χ3n) is 8.62. The van der Waals surface area contributed by atoms with Crippen LogP contribution in [0.2, 0.25) is 0 Å². The molecule has 1 aliphatic heterocycles. The van der Waals surface area contributed by atoms with E-state index in [-0.39, 0.29) is 12.2 Å². The van der Waals surface area contributed by atoms with E-state index >= 15 is 0 Å². The van der Waals surface area contributed by atoms with E-state index in [1.54, 1.807) is 0 Å². The Labute approximate surface area is 235 Å². The number of hydrogen-bond donors (Lipinski definition) is 1. The number of rotatable bonds is 10. The lowest BCUT2D eigenvalue weighted by Crippen LogP contribution is -2.51. The Bertz CT molecular complexity index is 1230. The molecule has 4 heteroatoms. The van der Waals surface area contributed by atoms with E-state index in [2.05, 4.69) is 99.7 Å². The second-order valence-electron chi connectivity index (χ2n) is 12.0. The van der Waals surface area contributed by atoms with Gasteiger partial charge in [0.2, 0.25) is 0 Å². The van der Waals surface area contributed by atoms with E-state index in [0.717, 1.165) is 42.5 Å². The molecule has 1 saturated carbocycles. The molecule has 3 aromatic carbocycles. The summed E-state index contributed by atoms with van der Waals surface area (Å²) >= 11 is 0. The summed E-state index contributed by atoms with van der Waals surface area (Å²) in [4.78, 5) is 0. The fourth-order valence-corrected chi connectivity index (χ4v) is 6.10. The summed E-state index contributed by atoms with van der Waals surface area (Å²) in [6.45, 7) is 10.6. The fourth-order valence-electron chi connectivity index (χ4n) is 6.10. The fraction of sp³-hybridized carbons (Fsp3) is 0.486. The summed E-state index contributed by atoms with van der Waals surface area (Å²) in [7, 11) is 0. The zero-order valence-electron chi connectivity index (χ0n) is 24.2. The summed E-state index contributed by atoms with van der Waals surface area (Å²) in [6, 6.07) is 23.4. The molecule has 0 radical (unpaired) electrons. The van der Waals surface area contributed by atoms with Crippen LogP contribution in [0.1, 0.15) is 86.3 Å². The van der Waals surface area contributed by atoms with Gasteiger partial charge in [-0.2, -0.15) is 0 Å². The Morgan fingerprint density at radius 1 is 0.846 bits per heavy atom. The number of benzene rings is 3. The standard InChI is InChI=1S/C35H45NO3/c1-25-12-8-10-16-28(25)23-36-30-18-19-32-31(22-30)33(37-21-20-27-14-6-5-7-15-27)34(35(3,4)39-32)38-24-29-17-11-9-13-26(29)2/h8-13,16-19,22,27,33-34,36H,5-7,14-15,20-21,23-24H2,1-4H3. The number of fused-ring (bicyclic) bond motifs is 1. The highest BCUT2D eigenvalue weighted by atomic mass is 16.6. The number of ether oxygens (including phenoxy) is 3. The Balaban J connectivity index is 1.38. The molecule has 1 heterocycles. The summed E-state index contributed by atoms with van der Waals surface area (Å²) in [5.74, 6) is 1.67. The predicted molar refractivity (Wildman–Crippen MR) is 159 cm³/mol. The lowest BCUT2D eigenvalue weighted by molar-refractivity contribution is -0.168. The second kappa shape index (κ2) is 12.6. The summed E-state index contributed by atoms with van der Waals surface area (Å²) in [6.07, 6.45) is 7.44. The topological polar surface area (TPSA) is 39.7 Å². The van der Waals surface area contributed by atoms with E-state index in [1.165, 1.54) is 54.4 Å². The molecular formula is C35H45NO3. The molecule has 1 N–H and O–H groups in total. The van der Waals surface area contributed by atoms with Crippen molar-refractivity contribution in [2.75, 3.05) is 11.9 Å². The van der Waals surface area contributed by atoms with Gasteiger partial charge in [-0.05, 0) is 80.5 Å². The van der Waals surface area contributed by atoms with Crippen molar-refractivity contribution >= 4 is 5.69 Å². The van der Waals surface area contributed by atoms with E-state index in [9.17, 15) is 0 Å². The van der Waals surface area contributed by atoms with Gasteiger partial charge in [-0.1, -0.05) is 80.6 Å². The SMILES string of the molecule is Cc1ccccc1CNc1ccc2c(c1)C(OCCC1CCCCC1)C(OCc1ccccc1C)C(C)(C)O2. The van der Waals surface area contributed by atoms with Crippen molar-refractivity contribution in [1.82, 2.24) is 0 Å². The first-order chi connectivity index (χ1) is 18.9. The van der Waals surface area contributed by atoms with Crippen molar-refractivity contribution in [3.8, 4) is 5.75 Å². The van der Waals surface area contributed by atoms with Gasteiger partial charge in [0.1, 0.15) is 23.6 Å². The monoisotopic (exact) mass is 527 g/mol. The molecule has 0 saturated heterocycles. The van der Waals surface area contributed by atoms with Crippen molar-refractivity contribution in [2.45, 2.75) is 97.2 Å². The maximum absolute atomic E-state index is 6.78. The molecular weight excluding hydrogens is 482 g/mol. The molecule has 208 valence electrons. The van der Waals surface area contributed by atoms with Gasteiger partial charge >= 0.3 is 0 Å². The van der Waals surface area contributed by atoms with Crippen molar-refractivity contribution < 1.29 is 14.2 Å². The summed E-state index contributed by atoms with van der Waals surface area (Å²) < 4.78 is 20.1. The van der Waals surface area contributed by atoms with Gasteiger partial charge in [-0.3, -0.25) is 0 Å². The molecule has 0 spiro atoms. The molecule has 2 unspecified atom stereocenters. The average molecular weight is 528 g/mol. The van der Waals surface area contributed by atoms with Crippen LogP contribution in [0.25, 0.3) is 0 Å². The summed E-state index contributed by atoms with van der Waals surface area (Å²) in [5, 5.41) is 3.63. The van der Waals surface area contributed by atoms with Crippen LogP contribution in [-0.4, -0.2) is 18.3 Å². The van der Waals surface area contributed by atoms with Crippen LogP contribution >= 0.6 is 0 Å². The molecule has 0 aromatic heterocycles. The van der Waals surface area contributed by atoms with Crippen LogP contribution in [0.15, 0.2) is 66.7 Å². The predicted octanol–water partition coefficient (Wildman–Crippen LogP) is 8.70. The highest BCUT2D eigenvalue weighted by Gasteiger charge is 2.45. The maximum atomic E-state index is 6.78. The quantitative estimate of drug-likeness (QED) is 0.286. The van der Waals surface area contributed by atoms with E-state index in [4.69, 9.17) is 14.2 Å². The molecule has 2 atom stereocenters. The third kappa shape index (κ3) is 6.85. The zero-order valence-corrected chi connectivity index (χ0v) is 24.2. The average Bonchev–Trinajstić information content (AvgIpc) is 2.93. The second-order valence-corrected chi connectivity index (χ2v) is 12.0. The minimum absolute atomic E-state index is 0.198. The van der Waals surface area contributed by atoms with Crippen LogP contribution in [0, 0.1) is 19.8 Å². The lowest BCUT2D eigenvalue weighted by atomic mass is 9.86. The smallest absolute Gasteiger partial charge is 0.132 e. The molecule has 0 amide bonds. The van der Waals surface area contributed by atoms with Crippen LogP contribution in [0.4, 0.5) is 5.69 Å². The maximum Gasteiger partial charge on any atom is 0.132 e. The van der Waals surface area contributed by atoms with Crippen LogP contribution in [0.3, 0.4) is 0 Å². The van der Waals surface area contributed by atoms with Gasteiger partial charge in [0.25, 0.3) is 0 Å². The molecule has 1 aliphatic carbocycles. The largest absolute Gasteiger partial charge is 0.485 e. The van der Waals surface area contributed by atoms with Crippen LogP contribution in [-0.2, 0) is 22.6 Å². The normalized spacial score (nSPS) is 20.7. The van der Waals surface area contributed by atoms with Gasteiger partial charge in [-0.25, -0.2) is 0 Å². The minimum Gasteiger partial charge on any atom is -0.485 e. The summed E-state index contributed by atoms with van der Waals surface area (Å²) in [5.41, 5.74) is 6.65. The van der Waals surface area contributed by atoms with Gasteiger partial charge in [0.15, 0.2) is 0 Å². The molecule has 39 heavy (non-hydrogen) atoms. The molecule has 4 nitrogen and oxygen atoms in total. The highest BCUT2D eigenvalue weighted by molar-refractivity contribution is 5.54. The molecule has 2 aliphatic rings. The first kappa shape index (κ1) is 27.7. The Morgan fingerprint density at radius 3 is 2.26 bits per heavy atom. The molecule has 5 rings (SSSR count). The number of aryl methyl sites for hydroxylation is 2. The molecule has 1 fully saturated rings. The Hall–Kier alpha value is -2.82. The van der Waals surface area contributed by atoms with E-state index in [1.807, 2.05) is 0 Å². The first-order valence-corrected chi connectivity index (χ1v) is 14.8. The number of anilines is 1. The van der Waals surface area contributed by atoms with Crippen LogP contribution in [0.5, 0.6) is 5.75 Å². The van der Waals surface area contributed by atoms with Crippen molar-refractivity contribution in [3.63, 3.8) is 0 Å². The number of hydrogen-bond acceptors (Lipinski definition) is 4. The first-order valence-electron chi connectivity index (χ1n) is 14.8. The Morgan fingerprint density at radius 2 is 1.54 bits per heavy atom. The van der Waals surface area contributed by atoms with Gasteiger partial charge in [-0.15, -0.1) is 0 Å². The highest BCUT2D eigenvalue weighted by Crippen LogP contribution is 2.45. The van der Waals surface area contributed by atoms with E-state index < -0.39 is 5.60 Å². The van der Waals surface area contributed by atoms with Crippen LogP contribution < -0.4 is 10.1 Å². The Kier molecular flexibility index (Phi) is 8.94. The molecule has 0 bridgehead atoms. The van der Waals surface area contributed by atoms with E-state index in [0.29, 0.717) is 6.61 Å². The van der Waals surface area contributed by atoms with Gasteiger partial charge < -0.3 is 19.5 Å². The lowest BCUT2D eigenvalue weighted by Gasteiger charge is -2.44. The minimum atomic E-state index is -0.527. The number of nitrogens with one attached hydrogen (secondary N) is 1. The van der Waals surface area contributed by atoms with Crippen molar-refractivity contribution in [2.24, 2.45) is 5.92 Å². The van der Waals surface area contributed by atoms with Crippen molar-refractivity contribution in [1.29, 1.82) is 0 Å². The van der Waals surface area contributed by atoms with Crippen molar-refractivity contribution in [3.05, 3.63) is 94.5 Å². The molecule has 3 aromatic rings. The zero-order chi connectivity index (χ0) is 27.2. The van der Waals surface area contributed by atoms with Gasteiger partial charge in [0, 0.05) is 24.4 Å².